The van der Waals surface area contributed by atoms with Crippen LogP contribution in [0.15, 0.2) is 39.4 Å². The molecule has 0 radical (unpaired) electrons. The Bertz CT molecular complexity index is 799. The summed E-state index contributed by atoms with van der Waals surface area (Å²) in [6.07, 6.45) is -0.0624. The van der Waals surface area contributed by atoms with Crippen molar-refractivity contribution in [2.45, 2.75) is 13.3 Å². The van der Waals surface area contributed by atoms with Gasteiger partial charge in [0.2, 0.25) is 17.7 Å². The van der Waals surface area contributed by atoms with Crippen LogP contribution in [0.3, 0.4) is 0 Å². The topological polar surface area (TPSA) is 68.0 Å². The highest BCUT2D eigenvalue weighted by molar-refractivity contribution is 7.08. The maximum Gasteiger partial charge on any atom is 0.248 e. The molecule has 0 bridgehead atoms. The number of benzene rings is 1. The largest absolute Gasteiger partial charge is 0.420 e. The molecule has 5 nitrogen and oxygen atoms in total. The number of nitrogens with zero attached hydrogens (tertiary/aromatic N) is 2. The third kappa shape index (κ3) is 3.20. The maximum atomic E-state index is 13.2. The average molecular weight is 317 g/mol. The van der Waals surface area contributed by atoms with E-state index in [2.05, 4.69) is 15.5 Å². The van der Waals surface area contributed by atoms with Crippen molar-refractivity contribution in [3.63, 3.8) is 0 Å². The van der Waals surface area contributed by atoms with Crippen LogP contribution in [0.25, 0.3) is 11.5 Å². The van der Waals surface area contributed by atoms with Gasteiger partial charge in [0.1, 0.15) is 12.2 Å². The van der Waals surface area contributed by atoms with Gasteiger partial charge in [-0.05, 0) is 36.1 Å². The van der Waals surface area contributed by atoms with E-state index in [1.807, 2.05) is 16.8 Å². The van der Waals surface area contributed by atoms with Gasteiger partial charge in [-0.3, -0.25) is 4.79 Å². The zero-order chi connectivity index (χ0) is 15.5. The molecule has 0 aliphatic rings. The summed E-state index contributed by atoms with van der Waals surface area (Å²) in [6.45, 7) is 1.79. The number of rotatable bonds is 4. The summed E-state index contributed by atoms with van der Waals surface area (Å²) < 4.78 is 18.6. The van der Waals surface area contributed by atoms with Crippen LogP contribution < -0.4 is 5.32 Å². The van der Waals surface area contributed by atoms with Crippen LogP contribution in [0, 0.1) is 12.7 Å². The number of halogens is 1. The summed E-state index contributed by atoms with van der Waals surface area (Å²) in [6, 6.07) is 6.08. The first-order valence-electron chi connectivity index (χ1n) is 6.53. The summed E-state index contributed by atoms with van der Waals surface area (Å²) in [5.74, 6) is -0.147. The van der Waals surface area contributed by atoms with E-state index in [-0.39, 0.29) is 18.2 Å². The lowest BCUT2D eigenvalue weighted by Crippen LogP contribution is -2.15. The second-order valence-electron chi connectivity index (χ2n) is 4.70. The summed E-state index contributed by atoms with van der Waals surface area (Å²) in [4.78, 5) is 12.0. The van der Waals surface area contributed by atoms with Gasteiger partial charge in [-0.1, -0.05) is 6.07 Å². The number of thiophene rings is 1. The normalized spacial score (nSPS) is 10.6. The lowest BCUT2D eigenvalue weighted by Gasteiger charge is -2.07. The van der Waals surface area contributed by atoms with Crippen molar-refractivity contribution in [3.8, 4) is 11.5 Å². The van der Waals surface area contributed by atoms with Crippen molar-refractivity contribution in [3.05, 3.63) is 52.3 Å². The van der Waals surface area contributed by atoms with E-state index >= 15 is 0 Å². The third-order valence-electron chi connectivity index (χ3n) is 3.02. The van der Waals surface area contributed by atoms with Gasteiger partial charge in [-0.2, -0.15) is 11.3 Å². The molecule has 0 atom stereocenters. The van der Waals surface area contributed by atoms with Crippen LogP contribution in [-0.4, -0.2) is 16.1 Å². The Balaban J connectivity index is 1.68. The zero-order valence-corrected chi connectivity index (χ0v) is 12.5. The van der Waals surface area contributed by atoms with Gasteiger partial charge in [0, 0.05) is 16.6 Å². The second kappa shape index (κ2) is 6.07. The molecule has 1 N–H and O–H groups in total. The van der Waals surface area contributed by atoms with Crippen molar-refractivity contribution < 1.29 is 13.6 Å². The number of aromatic nitrogens is 2. The first kappa shape index (κ1) is 14.4. The Labute approximate surface area is 129 Å². The van der Waals surface area contributed by atoms with E-state index in [4.69, 9.17) is 4.42 Å². The molecule has 1 amide bonds. The first-order chi connectivity index (χ1) is 10.6. The van der Waals surface area contributed by atoms with E-state index in [9.17, 15) is 9.18 Å². The highest BCUT2D eigenvalue weighted by Gasteiger charge is 2.13. The lowest BCUT2D eigenvalue weighted by molar-refractivity contribution is -0.115. The summed E-state index contributed by atoms with van der Waals surface area (Å²) in [5, 5.41) is 14.2. The van der Waals surface area contributed by atoms with E-state index < -0.39 is 5.82 Å². The number of nitrogens with one attached hydrogen (secondary N) is 1. The summed E-state index contributed by atoms with van der Waals surface area (Å²) in [7, 11) is 0. The summed E-state index contributed by atoms with van der Waals surface area (Å²) >= 11 is 1.52. The quantitative estimate of drug-likeness (QED) is 0.800. The third-order valence-corrected chi connectivity index (χ3v) is 3.70. The molecule has 0 unspecified atom stereocenters. The van der Waals surface area contributed by atoms with E-state index in [1.54, 1.807) is 13.0 Å². The number of anilines is 1. The van der Waals surface area contributed by atoms with Gasteiger partial charge < -0.3 is 9.73 Å². The highest BCUT2D eigenvalue weighted by atomic mass is 32.1. The molecule has 3 rings (SSSR count). The molecule has 0 saturated carbocycles. The predicted molar refractivity (Wildman–Crippen MR) is 81.1 cm³/mol. The number of hydrogen-bond acceptors (Lipinski definition) is 5. The van der Waals surface area contributed by atoms with Gasteiger partial charge in [-0.25, -0.2) is 4.39 Å². The maximum absolute atomic E-state index is 13.2. The number of amides is 1. The molecule has 0 fully saturated rings. The molecule has 2 heterocycles. The van der Waals surface area contributed by atoms with Gasteiger partial charge >= 0.3 is 0 Å². The minimum atomic E-state index is -0.404. The van der Waals surface area contributed by atoms with Crippen molar-refractivity contribution in [2.75, 3.05) is 5.32 Å². The van der Waals surface area contributed by atoms with Crippen molar-refractivity contribution in [1.82, 2.24) is 10.2 Å². The van der Waals surface area contributed by atoms with Gasteiger partial charge in [0.25, 0.3) is 0 Å². The molecule has 0 aliphatic carbocycles. The van der Waals surface area contributed by atoms with Crippen LogP contribution in [0.1, 0.15) is 11.5 Å². The van der Waals surface area contributed by atoms with Crippen LogP contribution in [0.5, 0.6) is 0 Å². The summed E-state index contributed by atoms with van der Waals surface area (Å²) in [5.41, 5.74) is 2.03. The number of aryl methyl sites for hydroxylation is 1. The van der Waals surface area contributed by atoms with Crippen molar-refractivity contribution >= 4 is 22.9 Å². The van der Waals surface area contributed by atoms with Gasteiger partial charge in [0.15, 0.2) is 0 Å². The number of carbonyl (C=O) groups is 1. The average Bonchev–Trinajstić information content (AvgIpc) is 3.13. The van der Waals surface area contributed by atoms with Gasteiger partial charge in [0.05, 0.1) is 0 Å². The fourth-order valence-electron chi connectivity index (χ4n) is 1.89. The first-order valence-corrected chi connectivity index (χ1v) is 7.47. The molecule has 22 heavy (non-hydrogen) atoms. The minimum absolute atomic E-state index is 0.0624. The smallest absolute Gasteiger partial charge is 0.248 e. The van der Waals surface area contributed by atoms with E-state index in [1.165, 1.54) is 23.5 Å². The minimum Gasteiger partial charge on any atom is -0.420 e. The molecule has 2 aromatic heterocycles. The molecule has 112 valence electrons. The highest BCUT2D eigenvalue weighted by Crippen LogP contribution is 2.21. The fourth-order valence-corrected chi connectivity index (χ4v) is 2.52. The van der Waals surface area contributed by atoms with E-state index in [0.29, 0.717) is 11.6 Å². The Morgan fingerprint density at radius 2 is 2.23 bits per heavy atom. The monoisotopic (exact) mass is 317 g/mol. The molecular weight excluding hydrogens is 305 g/mol. The Kier molecular flexibility index (Phi) is 3.97. The van der Waals surface area contributed by atoms with Gasteiger partial charge in [-0.15, -0.1) is 10.2 Å². The standard InChI is InChI=1S/C15H12FN3O2S/c1-9-2-3-11(16)6-12(9)17-13(20)7-14-18-19-15(21-14)10-4-5-22-8-10/h2-6,8H,7H2,1H3,(H,17,20). The van der Waals surface area contributed by atoms with Crippen LogP contribution in [0.2, 0.25) is 0 Å². The van der Waals surface area contributed by atoms with Crippen molar-refractivity contribution in [2.24, 2.45) is 0 Å². The number of carbonyl (C=O) groups excluding carboxylic acids is 1. The molecule has 7 heteroatoms. The number of hydrogen-bond donors (Lipinski definition) is 1. The molecule has 3 aromatic rings. The predicted octanol–water partition coefficient (Wildman–Crippen LogP) is 3.43. The van der Waals surface area contributed by atoms with Crippen LogP contribution >= 0.6 is 11.3 Å². The lowest BCUT2D eigenvalue weighted by atomic mass is 10.2. The van der Waals surface area contributed by atoms with Crippen LogP contribution in [0.4, 0.5) is 10.1 Å². The molecule has 0 saturated heterocycles. The Morgan fingerprint density at radius 3 is 3.00 bits per heavy atom. The second-order valence-corrected chi connectivity index (χ2v) is 5.48. The van der Waals surface area contributed by atoms with E-state index in [0.717, 1.165) is 11.1 Å². The fraction of sp³-hybridized carbons (Fsp3) is 0.133. The van der Waals surface area contributed by atoms with Crippen molar-refractivity contribution in [1.29, 1.82) is 0 Å². The molecule has 0 spiro atoms. The molecular formula is C15H12FN3O2S. The molecule has 0 aliphatic heterocycles. The zero-order valence-electron chi connectivity index (χ0n) is 11.7. The Morgan fingerprint density at radius 1 is 1.36 bits per heavy atom. The Hall–Kier alpha value is -2.54. The SMILES string of the molecule is Cc1ccc(F)cc1NC(=O)Cc1nnc(-c2ccsc2)o1. The molecule has 1 aromatic carbocycles. The van der Waals surface area contributed by atoms with Crippen LogP contribution in [-0.2, 0) is 11.2 Å².